The maximum absolute atomic E-state index is 11.8. The molecule has 0 saturated carbocycles. The average molecular weight is 457 g/mol. The second-order valence-corrected chi connectivity index (χ2v) is 9.53. The van der Waals surface area contributed by atoms with Crippen LogP contribution in [0.1, 0.15) is 74.9 Å². The third-order valence-electron chi connectivity index (χ3n) is 5.97. The van der Waals surface area contributed by atoms with E-state index in [1.165, 1.54) is 0 Å². The summed E-state index contributed by atoms with van der Waals surface area (Å²) in [6.07, 6.45) is 5.14. The zero-order valence-electron chi connectivity index (χ0n) is 20.9. The number of carbonyl (C=O) groups excluding carboxylic acids is 2. The Labute approximate surface area is 199 Å². The van der Waals surface area contributed by atoms with Gasteiger partial charge in [-0.15, -0.1) is 0 Å². The predicted octanol–water partition coefficient (Wildman–Crippen LogP) is 4.12. The molecule has 1 aliphatic rings. The number of hydrogen-bond acceptors (Lipinski definition) is 5. The molecule has 182 valence electrons. The summed E-state index contributed by atoms with van der Waals surface area (Å²) in [5.74, 6) is 6.77. The number of carbonyl (C=O) groups is 2. The quantitative estimate of drug-likeness (QED) is 0.308. The van der Waals surface area contributed by atoms with Crippen molar-refractivity contribution < 1.29 is 19.1 Å². The van der Waals surface area contributed by atoms with Gasteiger partial charge in [0.25, 0.3) is 0 Å². The van der Waals surface area contributed by atoms with E-state index < -0.39 is 0 Å². The molecule has 1 heterocycles. The highest BCUT2D eigenvalue weighted by atomic mass is 16.5. The van der Waals surface area contributed by atoms with E-state index in [1.807, 2.05) is 33.8 Å². The standard InChI is InChI=1S/C27H40N2O4/c1-6-29(25-11-14-32-15-12-25)26-18-23(17-24(19-30)21(26)2)8-7-22(9-13-28-20-31)10-16-33-27(3,4)5/h17-20,22,25H,6,9-16H2,1-5H3,(H,28,31). The van der Waals surface area contributed by atoms with E-state index in [4.69, 9.17) is 9.47 Å². The first-order chi connectivity index (χ1) is 15.8. The molecular weight excluding hydrogens is 416 g/mol. The van der Waals surface area contributed by atoms with Gasteiger partial charge in [-0.1, -0.05) is 11.8 Å². The van der Waals surface area contributed by atoms with Gasteiger partial charge < -0.3 is 19.7 Å². The maximum Gasteiger partial charge on any atom is 0.207 e. The fraction of sp³-hybridized carbons (Fsp3) is 0.630. The molecule has 1 saturated heterocycles. The molecule has 1 aromatic carbocycles. The summed E-state index contributed by atoms with van der Waals surface area (Å²) in [6.45, 7) is 13.9. The largest absolute Gasteiger partial charge is 0.381 e. The van der Waals surface area contributed by atoms with Gasteiger partial charge in [0, 0.05) is 61.7 Å². The maximum atomic E-state index is 11.8. The zero-order valence-corrected chi connectivity index (χ0v) is 20.9. The molecule has 0 aliphatic carbocycles. The molecule has 1 aliphatic heterocycles. The van der Waals surface area contributed by atoms with Crippen molar-refractivity contribution in [1.29, 1.82) is 0 Å². The second kappa shape index (κ2) is 13.4. The molecule has 1 unspecified atom stereocenters. The van der Waals surface area contributed by atoms with Crippen molar-refractivity contribution >= 4 is 18.4 Å². The van der Waals surface area contributed by atoms with E-state index in [9.17, 15) is 9.59 Å². The fourth-order valence-corrected chi connectivity index (χ4v) is 4.13. The van der Waals surface area contributed by atoms with Gasteiger partial charge in [0.2, 0.25) is 6.41 Å². The van der Waals surface area contributed by atoms with Crippen LogP contribution in [0.25, 0.3) is 0 Å². The summed E-state index contributed by atoms with van der Waals surface area (Å²) in [7, 11) is 0. The Morgan fingerprint density at radius 3 is 2.58 bits per heavy atom. The highest BCUT2D eigenvalue weighted by Crippen LogP contribution is 2.29. The minimum absolute atomic E-state index is 0.0852. The summed E-state index contributed by atoms with van der Waals surface area (Å²) in [5.41, 5.74) is 3.39. The van der Waals surface area contributed by atoms with Crippen LogP contribution in [0.15, 0.2) is 12.1 Å². The third kappa shape index (κ3) is 8.83. The van der Waals surface area contributed by atoms with Crippen molar-refractivity contribution in [2.75, 3.05) is 37.8 Å². The molecular formula is C27H40N2O4. The van der Waals surface area contributed by atoms with Gasteiger partial charge >= 0.3 is 0 Å². The van der Waals surface area contributed by atoms with Crippen molar-refractivity contribution in [2.45, 2.75) is 71.9 Å². The molecule has 1 N–H and O–H groups in total. The molecule has 0 aromatic heterocycles. The van der Waals surface area contributed by atoms with Crippen molar-refractivity contribution in [2.24, 2.45) is 5.92 Å². The normalized spacial score (nSPS) is 15.3. The first-order valence-electron chi connectivity index (χ1n) is 12.1. The molecule has 0 spiro atoms. The lowest BCUT2D eigenvalue weighted by Crippen LogP contribution is -2.40. The van der Waals surface area contributed by atoms with Crippen molar-refractivity contribution in [3.8, 4) is 11.8 Å². The lowest BCUT2D eigenvalue weighted by atomic mass is 9.98. The molecule has 1 atom stereocenters. The van der Waals surface area contributed by atoms with Crippen molar-refractivity contribution in [1.82, 2.24) is 5.32 Å². The molecule has 6 nitrogen and oxygen atoms in total. The second-order valence-electron chi connectivity index (χ2n) is 9.53. The minimum Gasteiger partial charge on any atom is -0.381 e. The van der Waals surface area contributed by atoms with Gasteiger partial charge in [-0.25, -0.2) is 0 Å². The van der Waals surface area contributed by atoms with Crippen LogP contribution >= 0.6 is 0 Å². The number of anilines is 1. The monoisotopic (exact) mass is 456 g/mol. The van der Waals surface area contributed by atoms with Crippen molar-refractivity contribution in [3.05, 3.63) is 28.8 Å². The summed E-state index contributed by atoms with van der Waals surface area (Å²) in [4.78, 5) is 24.9. The first kappa shape index (κ1) is 26.9. The number of hydrogen-bond donors (Lipinski definition) is 1. The summed E-state index contributed by atoms with van der Waals surface area (Å²) >= 11 is 0. The Kier molecular flexibility index (Phi) is 10.9. The lowest BCUT2D eigenvalue weighted by Gasteiger charge is -2.36. The van der Waals surface area contributed by atoms with E-state index in [0.717, 1.165) is 68.5 Å². The van der Waals surface area contributed by atoms with Crippen LogP contribution in [0.4, 0.5) is 5.69 Å². The van der Waals surface area contributed by atoms with Crippen LogP contribution in [0.3, 0.4) is 0 Å². The van der Waals surface area contributed by atoms with Crippen LogP contribution in [-0.4, -0.2) is 57.2 Å². The van der Waals surface area contributed by atoms with E-state index in [2.05, 4.69) is 35.0 Å². The molecule has 1 amide bonds. The minimum atomic E-state index is -0.197. The first-order valence-corrected chi connectivity index (χ1v) is 12.1. The van der Waals surface area contributed by atoms with Gasteiger partial charge in [-0.05, 0) is 78.0 Å². The molecule has 0 bridgehead atoms. The Hall–Kier alpha value is -2.36. The smallest absolute Gasteiger partial charge is 0.207 e. The number of nitrogens with zero attached hydrogens (tertiary/aromatic N) is 1. The number of amides is 1. The lowest BCUT2D eigenvalue weighted by molar-refractivity contribution is -0.109. The summed E-state index contributed by atoms with van der Waals surface area (Å²) < 4.78 is 11.4. The number of rotatable bonds is 11. The number of aldehydes is 1. The van der Waals surface area contributed by atoms with E-state index in [1.54, 1.807) is 0 Å². The Morgan fingerprint density at radius 1 is 1.24 bits per heavy atom. The SMILES string of the molecule is CCN(c1cc(C#CC(CCNC=O)CCOC(C)(C)C)cc(C=O)c1C)C1CCOCC1. The predicted molar refractivity (Wildman–Crippen MR) is 133 cm³/mol. The highest BCUT2D eigenvalue weighted by molar-refractivity contribution is 5.82. The number of benzene rings is 1. The third-order valence-corrected chi connectivity index (χ3v) is 5.97. The van der Waals surface area contributed by atoms with Gasteiger partial charge in [-0.2, -0.15) is 0 Å². The van der Waals surface area contributed by atoms with Crippen LogP contribution < -0.4 is 10.2 Å². The average Bonchev–Trinajstić information content (AvgIpc) is 2.79. The summed E-state index contributed by atoms with van der Waals surface area (Å²) in [5, 5.41) is 2.72. The van der Waals surface area contributed by atoms with Crippen LogP contribution in [0.2, 0.25) is 0 Å². The van der Waals surface area contributed by atoms with E-state index in [0.29, 0.717) is 31.2 Å². The van der Waals surface area contributed by atoms with Crippen LogP contribution in [0.5, 0.6) is 0 Å². The Morgan fingerprint density at radius 2 is 1.97 bits per heavy atom. The van der Waals surface area contributed by atoms with Crippen molar-refractivity contribution in [3.63, 3.8) is 0 Å². The highest BCUT2D eigenvalue weighted by Gasteiger charge is 2.23. The summed E-state index contributed by atoms with van der Waals surface area (Å²) in [6, 6.07) is 4.39. The van der Waals surface area contributed by atoms with E-state index in [-0.39, 0.29) is 11.5 Å². The molecule has 1 aromatic rings. The number of nitrogens with one attached hydrogen (secondary N) is 1. The molecule has 1 fully saturated rings. The molecule has 2 rings (SSSR count). The van der Waals surface area contributed by atoms with Gasteiger partial charge in [-0.3, -0.25) is 9.59 Å². The molecule has 33 heavy (non-hydrogen) atoms. The van der Waals surface area contributed by atoms with Gasteiger partial charge in [0.1, 0.15) is 6.29 Å². The Bertz CT molecular complexity index is 829. The van der Waals surface area contributed by atoms with E-state index >= 15 is 0 Å². The Balaban J connectivity index is 2.28. The van der Waals surface area contributed by atoms with Gasteiger partial charge in [0.05, 0.1) is 5.60 Å². The fourth-order valence-electron chi connectivity index (χ4n) is 4.13. The van der Waals surface area contributed by atoms with Gasteiger partial charge in [0.15, 0.2) is 0 Å². The topological polar surface area (TPSA) is 67.9 Å². The molecule has 0 radical (unpaired) electrons. The van der Waals surface area contributed by atoms with Crippen LogP contribution in [-0.2, 0) is 14.3 Å². The zero-order chi connectivity index (χ0) is 24.3. The van der Waals surface area contributed by atoms with Crippen LogP contribution in [0, 0.1) is 24.7 Å². The number of ether oxygens (including phenoxy) is 2. The molecule has 6 heteroatoms.